The molecule has 1 N–H and O–H groups in total. The van der Waals surface area contributed by atoms with Gasteiger partial charge in [0.2, 0.25) is 5.91 Å². The Kier molecular flexibility index (Phi) is 4.68. The first-order valence-corrected chi connectivity index (χ1v) is 9.82. The minimum Gasteiger partial charge on any atom is -0.545 e. The zero-order valence-electron chi connectivity index (χ0n) is 15.4. The summed E-state index contributed by atoms with van der Waals surface area (Å²) in [4.78, 5) is 23.7. The van der Waals surface area contributed by atoms with Crippen LogP contribution in [0.2, 0.25) is 0 Å². The number of carbonyl (C=O) groups is 2. The molecule has 0 saturated heterocycles. The van der Waals surface area contributed by atoms with Gasteiger partial charge < -0.3 is 15.2 Å². The summed E-state index contributed by atoms with van der Waals surface area (Å²) in [6, 6.07) is 16.3. The second kappa shape index (κ2) is 7.16. The fraction of sp³-hybridized carbons (Fsp3) is 0.190. The number of hydrogen-bond acceptors (Lipinski definition) is 5. The summed E-state index contributed by atoms with van der Waals surface area (Å²) in [5.74, 6) is -0.643. The second-order valence-electron chi connectivity index (χ2n) is 6.65. The third kappa shape index (κ3) is 3.18. The molecule has 0 spiro atoms. The van der Waals surface area contributed by atoms with Crippen LogP contribution in [-0.4, -0.2) is 26.9 Å². The van der Waals surface area contributed by atoms with Gasteiger partial charge in [0, 0.05) is 5.56 Å². The molecule has 0 aliphatic carbocycles. The van der Waals surface area contributed by atoms with Crippen molar-refractivity contribution in [3.8, 4) is 5.69 Å². The van der Waals surface area contributed by atoms with Crippen molar-refractivity contribution >= 4 is 29.5 Å². The highest BCUT2D eigenvalue weighted by Crippen LogP contribution is 2.46. The normalized spacial score (nSPS) is 18.9. The molecule has 1 amide bonds. The van der Waals surface area contributed by atoms with Crippen molar-refractivity contribution in [2.24, 2.45) is 0 Å². The van der Waals surface area contributed by atoms with Crippen LogP contribution in [0.3, 0.4) is 0 Å². The predicted octanol–water partition coefficient (Wildman–Crippen LogP) is 2.71. The van der Waals surface area contributed by atoms with Crippen LogP contribution in [0, 0.1) is 6.92 Å². The van der Waals surface area contributed by atoms with Crippen molar-refractivity contribution in [2.75, 3.05) is 5.32 Å². The fourth-order valence-corrected chi connectivity index (χ4v) is 4.64. The van der Waals surface area contributed by atoms with Gasteiger partial charge in [-0.3, -0.25) is 4.79 Å². The van der Waals surface area contributed by atoms with Crippen LogP contribution < -0.4 is 10.4 Å². The SMILES string of the molecule is Cc1nn(-c2ccccc2)c2c1[C@H](c1ccc(C(=O)[O-])cc1)S[C@H](C)C(=O)N2. The number of carbonyl (C=O) groups excluding carboxylic acids is 2. The highest BCUT2D eigenvalue weighted by atomic mass is 32.2. The number of carboxylic acids is 1. The van der Waals surface area contributed by atoms with Crippen LogP contribution in [0.25, 0.3) is 5.69 Å². The van der Waals surface area contributed by atoms with Gasteiger partial charge in [-0.15, -0.1) is 11.8 Å². The minimum absolute atomic E-state index is 0.0859. The lowest BCUT2D eigenvalue weighted by atomic mass is 10.0. The van der Waals surface area contributed by atoms with E-state index in [1.54, 1.807) is 16.8 Å². The number of fused-ring (bicyclic) bond motifs is 1. The first kappa shape index (κ1) is 18.3. The second-order valence-corrected chi connectivity index (χ2v) is 8.10. The molecule has 2 atom stereocenters. The molecule has 7 heteroatoms. The van der Waals surface area contributed by atoms with Crippen LogP contribution in [0.4, 0.5) is 5.82 Å². The number of amides is 1. The Hall–Kier alpha value is -3.06. The molecule has 1 aliphatic heterocycles. The maximum atomic E-state index is 12.6. The fourth-order valence-electron chi connectivity index (χ4n) is 3.32. The summed E-state index contributed by atoms with van der Waals surface area (Å²) >= 11 is 1.52. The molecule has 28 heavy (non-hydrogen) atoms. The highest BCUT2D eigenvalue weighted by Gasteiger charge is 2.33. The Morgan fingerprint density at radius 2 is 1.82 bits per heavy atom. The summed E-state index contributed by atoms with van der Waals surface area (Å²) in [6.07, 6.45) is 0. The predicted molar refractivity (Wildman–Crippen MR) is 107 cm³/mol. The van der Waals surface area contributed by atoms with Gasteiger partial charge in [0.1, 0.15) is 5.82 Å². The highest BCUT2D eigenvalue weighted by molar-refractivity contribution is 8.01. The summed E-state index contributed by atoms with van der Waals surface area (Å²) in [7, 11) is 0. The molecule has 142 valence electrons. The van der Waals surface area contributed by atoms with E-state index in [0.717, 1.165) is 22.5 Å². The number of benzene rings is 2. The summed E-state index contributed by atoms with van der Waals surface area (Å²) in [5, 5.41) is 18.3. The molecular weight excluding hydrogens is 374 g/mol. The van der Waals surface area contributed by atoms with E-state index in [9.17, 15) is 14.7 Å². The summed E-state index contributed by atoms with van der Waals surface area (Å²) < 4.78 is 1.75. The van der Waals surface area contributed by atoms with Crippen LogP contribution in [0.15, 0.2) is 54.6 Å². The van der Waals surface area contributed by atoms with E-state index in [1.807, 2.05) is 44.2 Å². The molecule has 0 saturated carbocycles. The number of carboxylic acid groups (broad SMARTS) is 1. The number of anilines is 1. The van der Waals surface area contributed by atoms with Gasteiger partial charge in [-0.05, 0) is 37.1 Å². The lowest BCUT2D eigenvalue weighted by Crippen LogP contribution is -2.22. The maximum Gasteiger partial charge on any atom is 0.238 e. The van der Waals surface area contributed by atoms with Crippen molar-refractivity contribution in [3.63, 3.8) is 0 Å². The third-order valence-electron chi connectivity index (χ3n) is 4.77. The molecule has 0 bridgehead atoms. The molecule has 0 radical (unpaired) electrons. The molecule has 6 nitrogen and oxygen atoms in total. The molecule has 0 fully saturated rings. The van der Waals surface area contributed by atoms with Gasteiger partial charge >= 0.3 is 0 Å². The Balaban J connectivity index is 1.87. The average molecular weight is 392 g/mol. The van der Waals surface area contributed by atoms with Crippen LogP contribution in [-0.2, 0) is 4.79 Å². The molecule has 1 aliphatic rings. The van der Waals surface area contributed by atoms with E-state index in [1.165, 1.54) is 23.9 Å². The zero-order valence-corrected chi connectivity index (χ0v) is 16.2. The third-order valence-corrected chi connectivity index (χ3v) is 6.17. The lowest BCUT2D eigenvalue weighted by Gasteiger charge is -2.18. The molecule has 3 aromatic rings. The van der Waals surface area contributed by atoms with Crippen molar-refractivity contribution in [1.29, 1.82) is 0 Å². The van der Waals surface area contributed by atoms with Gasteiger partial charge in [-0.25, -0.2) is 4.68 Å². The quantitative estimate of drug-likeness (QED) is 0.741. The average Bonchev–Trinajstić information content (AvgIpc) is 2.95. The number of aryl methyl sites for hydroxylation is 1. The minimum atomic E-state index is -1.21. The number of nitrogens with one attached hydrogen (secondary N) is 1. The number of hydrogen-bond donors (Lipinski definition) is 1. The maximum absolute atomic E-state index is 12.6. The Bertz CT molecular complexity index is 1040. The van der Waals surface area contributed by atoms with E-state index in [2.05, 4.69) is 10.4 Å². The van der Waals surface area contributed by atoms with Gasteiger partial charge in [0.25, 0.3) is 0 Å². The van der Waals surface area contributed by atoms with Crippen LogP contribution in [0.1, 0.15) is 39.4 Å². The Morgan fingerprint density at radius 3 is 2.46 bits per heavy atom. The first-order valence-electron chi connectivity index (χ1n) is 8.88. The first-order chi connectivity index (χ1) is 13.5. The lowest BCUT2D eigenvalue weighted by molar-refractivity contribution is -0.255. The van der Waals surface area contributed by atoms with Crippen LogP contribution >= 0.6 is 11.8 Å². The number of thioether (sulfide) groups is 1. The largest absolute Gasteiger partial charge is 0.545 e. The van der Waals surface area contributed by atoms with Gasteiger partial charge in [0.15, 0.2) is 0 Å². The molecule has 2 heterocycles. The van der Waals surface area contributed by atoms with E-state index in [4.69, 9.17) is 0 Å². The van der Waals surface area contributed by atoms with Gasteiger partial charge in [-0.2, -0.15) is 5.10 Å². The van der Waals surface area contributed by atoms with E-state index >= 15 is 0 Å². The number of aromatic carboxylic acids is 1. The van der Waals surface area contributed by atoms with E-state index < -0.39 is 5.97 Å². The zero-order chi connectivity index (χ0) is 19.8. The van der Waals surface area contributed by atoms with Crippen molar-refractivity contribution in [1.82, 2.24) is 9.78 Å². The smallest absolute Gasteiger partial charge is 0.238 e. The number of para-hydroxylation sites is 1. The van der Waals surface area contributed by atoms with Crippen LogP contribution in [0.5, 0.6) is 0 Å². The molecular formula is C21H18N3O3S-. The molecule has 1 aromatic heterocycles. The van der Waals surface area contributed by atoms with E-state index in [-0.39, 0.29) is 22.0 Å². The molecule has 4 rings (SSSR count). The monoisotopic (exact) mass is 392 g/mol. The number of aromatic nitrogens is 2. The topological polar surface area (TPSA) is 87.1 Å². The Labute approximate surface area is 166 Å². The van der Waals surface area contributed by atoms with Gasteiger partial charge in [-0.1, -0.05) is 42.5 Å². The summed E-state index contributed by atoms with van der Waals surface area (Å²) in [5.41, 5.74) is 3.64. The molecule has 2 aromatic carbocycles. The number of nitrogens with zero attached hydrogens (tertiary/aromatic N) is 2. The standard InChI is InChI=1S/C21H19N3O3S/c1-12-17-18(14-8-10-15(11-9-14)21(26)27)28-13(2)20(25)22-19(17)24(23-12)16-6-4-3-5-7-16/h3-11,13,18H,1-2H3,(H,22,25)(H,26,27)/p-1/t13-,18+/m1/s1. The van der Waals surface area contributed by atoms with E-state index in [0.29, 0.717) is 5.82 Å². The van der Waals surface area contributed by atoms with Crippen molar-refractivity contribution in [2.45, 2.75) is 24.3 Å². The van der Waals surface area contributed by atoms with Crippen molar-refractivity contribution < 1.29 is 14.7 Å². The number of rotatable bonds is 3. The molecule has 0 unspecified atom stereocenters. The Morgan fingerprint density at radius 1 is 1.14 bits per heavy atom. The van der Waals surface area contributed by atoms with Gasteiger partial charge in [0.05, 0.1) is 27.9 Å². The van der Waals surface area contributed by atoms with Crippen molar-refractivity contribution in [3.05, 3.63) is 77.0 Å². The summed E-state index contributed by atoms with van der Waals surface area (Å²) in [6.45, 7) is 3.79.